The maximum atomic E-state index is 11.9. The molecule has 0 bridgehead atoms. The van der Waals surface area contributed by atoms with Gasteiger partial charge in [0.15, 0.2) is 0 Å². The maximum absolute atomic E-state index is 11.9. The molecule has 0 fully saturated rings. The topological polar surface area (TPSA) is 45.2 Å². The first kappa shape index (κ1) is 13.5. The molecule has 0 spiro atoms. The minimum Gasteiger partial charge on any atom is -0.373 e. The molecule has 0 atom stereocenters. The number of hydrogen-bond acceptors (Lipinski definition) is 3. The van der Waals surface area contributed by atoms with Gasteiger partial charge >= 0.3 is 0 Å². The summed E-state index contributed by atoms with van der Waals surface area (Å²) in [5.41, 5.74) is 0.838. The molecule has 1 N–H and O–H groups in total. The van der Waals surface area contributed by atoms with Crippen LogP contribution in [0.15, 0.2) is 18.3 Å². The van der Waals surface area contributed by atoms with Crippen LogP contribution in [0.3, 0.4) is 0 Å². The van der Waals surface area contributed by atoms with Crippen molar-refractivity contribution in [1.82, 2.24) is 4.98 Å². The van der Waals surface area contributed by atoms with Crippen molar-refractivity contribution in [2.24, 2.45) is 0 Å². The molecule has 0 radical (unpaired) electrons. The quantitative estimate of drug-likeness (QED) is 0.771. The van der Waals surface area contributed by atoms with Gasteiger partial charge in [0.25, 0.3) is 0 Å². The maximum Gasteiger partial charge on any atom is 0.226 e. The predicted molar refractivity (Wildman–Crippen MR) is 71.3 cm³/mol. The van der Waals surface area contributed by atoms with Gasteiger partial charge in [-0.1, -0.05) is 19.8 Å². The molecule has 17 heavy (non-hydrogen) atoms. The summed E-state index contributed by atoms with van der Waals surface area (Å²) in [5, 5.41) is 2.95. The number of carbonyl (C=O) groups excluding carboxylic acids is 1. The molecule has 0 aliphatic heterocycles. The van der Waals surface area contributed by atoms with Crippen LogP contribution in [0.25, 0.3) is 0 Å². The number of pyridine rings is 1. The van der Waals surface area contributed by atoms with Gasteiger partial charge in [0, 0.05) is 20.5 Å². The Morgan fingerprint density at radius 3 is 2.71 bits per heavy atom. The molecule has 1 heterocycles. The molecule has 1 aromatic heterocycles. The Bertz CT molecular complexity index is 348. The molecular weight excluding hydrogens is 214 g/mol. The van der Waals surface area contributed by atoms with Crippen LogP contribution in [0.5, 0.6) is 0 Å². The molecular formula is C13H21N3O. The van der Waals surface area contributed by atoms with Crippen molar-refractivity contribution in [2.75, 3.05) is 24.3 Å². The van der Waals surface area contributed by atoms with Crippen LogP contribution in [0.4, 0.5) is 11.5 Å². The first-order valence-electron chi connectivity index (χ1n) is 6.09. The molecule has 94 valence electrons. The molecule has 0 aliphatic rings. The second kappa shape index (κ2) is 6.89. The van der Waals surface area contributed by atoms with Crippen molar-refractivity contribution in [3.8, 4) is 0 Å². The van der Waals surface area contributed by atoms with Crippen LogP contribution >= 0.6 is 0 Å². The van der Waals surface area contributed by atoms with Gasteiger partial charge in [0.05, 0.1) is 11.9 Å². The van der Waals surface area contributed by atoms with E-state index in [-0.39, 0.29) is 5.91 Å². The minimum absolute atomic E-state index is 0.150. The number of nitrogens with one attached hydrogen (secondary N) is 1. The Morgan fingerprint density at radius 2 is 2.18 bits per heavy atom. The smallest absolute Gasteiger partial charge is 0.226 e. The number of anilines is 2. The third-order valence-electron chi connectivity index (χ3n) is 2.76. The second-order valence-electron chi connectivity index (χ2n) is 4.06. The van der Waals surface area contributed by atoms with E-state index in [1.807, 2.05) is 19.2 Å². The second-order valence-corrected chi connectivity index (χ2v) is 4.06. The fourth-order valence-corrected chi connectivity index (χ4v) is 1.57. The van der Waals surface area contributed by atoms with Crippen LogP contribution in [0.2, 0.25) is 0 Å². The zero-order chi connectivity index (χ0) is 12.7. The van der Waals surface area contributed by atoms with Crippen LogP contribution in [-0.2, 0) is 4.79 Å². The zero-order valence-electron chi connectivity index (χ0n) is 10.9. The number of carbonyl (C=O) groups is 1. The summed E-state index contributed by atoms with van der Waals surface area (Å²) in [4.78, 5) is 17.7. The van der Waals surface area contributed by atoms with Crippen molar-refractivity contribution in [3.05, 3.63) is 18.3 Å². The van der Waals surface area contributed by atoms with E-state index in [1.165, 1.54) is 0 Å². The third-order valence-corrected chi connectivity index (χ3v) is 2.76. The Labute approximate surface area is 103 Å². The molecule has 4 heteroatoms. The summed E-state index contributed by atoms with van der Waals surface area (Å²) >= 11 is 0. The average molecular weight is 235 g/mol. The molecule has 0 aromatic carbocycles. The van der Waals surface area contributed by atoms with Gasteiger partial charge in [0.2, 0.25) is 5.91 Å². The molecule has 1 rings (SSSR count). The highest BCUT2D eigenvalue weighted by Crippen LogP contribution is 2.15. The van der Waals surface area contributed by atoms with E-state index in [0.717, 1.165) is 30.8 Å². The summed E-state index contributed by atoms with van der Waals surface area (Å²) in [6.45, 7) is 2.13. The number of unbranched alkanes of at least 4 members (excludes halogenated alkanes) is 2. The normalized spacial score (nSPS) is 10.1. The molecule has 0 aliphatic carbocycles. The van der Waals surface area contributed by atoms with Gasteiger partial charge < -0.3 is 10.2 Å². The highest BCUT2D eigenvalue weighted by molar-refractivity contribution is 5.92. The molecule has 0 saturated heterocycles. The van der Waals surface area contributed by atoms with Gasteiger partial charge in [-0.05, 0) is 18.6 Å². The van der Waals surface area contributed by atoms with Crippen LogP contribution < -0.4 is 10.2 Å². The first-order valence-corrected chi connectivity index (χ1v) is 6.09. The Kier molecular flexibility index (Phi) is 5.46. The van der Waals surface area contributed by atoms with Crippen LogP contribution in [0, 0.1) is 0 Å². The van der Waals surface area contributed by atoms with Crippen molar-refractivity contribution in [2.45, 2.75) is 32.6 Å². The fourth-order valence-electron chi connectivity index (χ4n) is 1.57. The number of nitrogens with zero attached hydrogens (tertiary/aromatic N) is 2. The molecule has 0 saturated carbocycles. The monoisotopic (exact) mass is 235 g/mol. The summed E-state index contributed by atoms with van der Waals surface area (Å²) in [6.07, 6.45) is 5.52. The highest BCUT2D eigenvalue weighted by Gasteiger charge is 2.10. The average Bonchev–Trinajstić information content (AvgIpc) is 2.38. The molecule has 1 aromatic rings. The van der Waals surface area contributed by atoms with Crippen molar-refractivity contribution < 1.29 is 4.79 Å². The number of aromatic nitrogens is 1. The number of rotatable bonds is 6. The number of amides is 1. The van der Waals surface area contributed by atoms with Gasteiger partial charge in [-0.2, -0.15) is 0 Å². The summed E-state index contributed by atoms with van der Waals surface area (Å²) in [7, 11) is 3.62. The highest BCUT2D eigenvalue weighted by atomic mass is 16.2. The minimum atomic E-state index is 0.150. The lowest BCUT2D eigenvalue weighted by molar-refractivity contribution is -0.118. The summed E-state index contributed by atoms with van der Waals surface area (Å²) in [5.74, 6) is 0.957. The largest absolute Gasteiger partial charge is 0.373 e. The van der Waals surface area contributed by atoms with E-state index >= 15 is 0 Å². The van der Waals surface area contributed by atoms with Crippen molar-refractivity contribution >= 4 is 17.4 Å². The van der Waals surface area contributed by atoms with E-state index in [0.29, 0.717) is 6.42 Å². The van der Waals surface area contributed by atoms with E-state index in [4.69, 9.17) is 0 Å². The lowest BCUT2D eigenvalue weighted by Gasteiger charge is -2.17. The fraction of sp³-hybridized carbons (Fsp3) is 0.538. The van der Waals surface area contributed by atoms with Crippen molar-refractivity contribution in [3.63, 3.8) is 0 Å². The molecule has 4 nitrogen and oxygen atoms in total. The Balaban J connectivity index is 2.55. The van der Waals surface area contributed by atoms with Gasteiger partial charge in [-0.25, -0.2) is 4.98 Å². The van der Waals surface area contributed by atoms with E-state index in [1.54, 1.807) is 18.1 Å². The van der Waals surface area contributed by atoms with Crippen LogP contribution in [0.1, 0.15) is 32.6 Å². The van der Waals surface area contributed by atoms with Crippen molar-refractivity contribution in [1.29, 1.82) is 0 Å². The number of hydrogen-bond donors (Lipinski definition) is 1. The third kappa shape index (κ3) is 4.06. The van der Waals surface area contributed by atoms with E-state index < -0.39 is 0 Å². The molecule has 1 amide bonds. The standard InChI is InChI=1S/C13H21N3O/c1-4-5-6-7-13(17)16(3)11-8-9-12(14-2)15-10-11/h8-10H,4-7H2,1-3H3,(H,14,15). The SMILES string of the molecule is CCCCCC(=O)N(C)c1ccc(NC)nc1. The summed E-state index contributed by atoms with van der Waals surface area (Å²) in [6, 6.07) is 3.77. The van der Waals surface area contributed by atoms with Gasteiger partial charge in [-0.15, -0.1) is 0 Å². The van der Waals surface area contributed by atoms with Crippen LogP contribution in [-0.4, -0.2) is 25.0 Å². The Morgan fingerprint density at radius 1 is 1.41 bits per heavy atom. The van der Waals surface area contributed by atoms with E-state index in [9.17, 15) is 4.79 Å². The summed E-state index contributed by atoms with van der Waals surface area (Å²) < 4.78 is 0. The Hall–Kier alpha value is -1.58. The zero-order valence-corrected chi connectivity index (χ0v) is 10.9. The lowest BCUT2D eigenvalue weighted by atomic mass is 10.2. The van der Waals surface area contributed by atoms with Gasteiger partial charge in [-0.3, -0.25) is 4.79 Å². The lowest BCUT2D eigenvalue weighted by Crippen LogP contribution is -2.25. The molecule has 0 unspecified atom stereocenters. The predicted octanol–water partition coefficient (Wildman–Crippen LogP) is 2.67. The van der Waals surface area contributed by atoms with E-state index in [2.05, 4.69) is 17.2 Å². The van der Waals surface area contributed by atoms with Gasteiger partial charge in [0.1, 0.15) is 5.82 Å². The first-order chi connectivity index (χ1) is 8.19.